The number of methoxy groups -OCH3 is 1. The van der Waals surface area contributed by atoms with E-state index in [1.165, 1.54) is 12.7 Å². The van der Waals surface area contributed by atoms with Gasteiger partial charge in [-0.1, -0.05) is 11.6 Å². The van der Waals surface area contributed by atoms with Gasteiger partial charge in [-0.05, 0) is 50.4 Å². The van der Waals surface area contributed by atoms with Crippen molar-refractivity contribution in [2.45, 2.75) is 50.9 Å². The van der Waals surface area contributed by atoms with Crippen molar-refractivity contribution in [2.24, 2.45) is 17.8 Å². The molecule has 0 aromatic heterocycles. The average molecular weight is 354 g/mol. The van der Waals surface area contributed by atoms with Crippen molar-refractivity contribution >= 4 is 5.97 Å². The minimum absolute atomic E-state index is 0.0525. The molecule has 0 amide bonds. The maximum atomic E-state index is 12.4. The predicted octanol–water partition coefficient (Wildman–Crippen LogP) is 2.05. The quantitative estimate of drug-likeness (QED) is 0.409. The molecule has 2 aliphatic carbocycles. The van der Waals surface area contributed by atoms with Crippen LogP contribution in [0.25, 0.3) is 0 Å². The lowest BCUT2D eigenvalue weighted by atomic mass is 9.89. The SMILES string of the molecule is COC(=O)[C@H]1[C@@H]2CC(CCOCCO)=C[C@@H]2C[C@@H]1OC1CCCCO1. The summed E-state index contributed by atoms with van der Waals surface area (Å²) in [6.45, 7) is 1.79. The van der Waals surface area contributed by atoms with E-state index in [0.29, 0.717) is 19.1 Å². The molecule has 6 heteroatoms. The second-order valence-electron chi connectivity index (χ2n) is 7.20. The molecular weight excluding hydrogens is 324 g/mol. The van der Waals surface area contributed by atoms with Crippen LogP contribution in [0.4, 0.5) is 0 Å². The normalized spacial score (nSPS) is 34.6. The maximum Gasteiger partial charge on any atom is 0.311 e. The molecule has 2 fully saturated rings. The Labute approximate surface area is 149 Å². The van der Waals surface area contributed by atoms with Gasteiger partial charge in [0.25, 0.3) is 0 Å². The lowest BCUT2D eigenvalue weighted by molar-refractivity contribution is -0.200. The van der Waals surface area contributed by atoms with Gasteiger partial charge in [-0.2, -0.15) is 0 Å². The molecule has 1 unspecified atom stereocenters. The topological polar surface area (TPSA) is 74.2 Å². The summed E-state index contributed by atoms with van der Waals surface area (Å²) in [6.07, 6.45) is 7.72. The lowest BCUT2D eigenvalue weighted by Crippen LogP contribution is -2.35. The van der Waals surface area contributed by atoms with Crippen molar-refractivity contribution in [3.63, 3.8) is 0 Å². The fourth-order valence-electron chi connectivity index (χ4n) is 4.45. The van der Waals surface area contributed by atoms with Gasteiger partial charge in [0.05, 0.1) is 39.0 Å². The van der Waals surface area contributed by atoms with E-state index in [1.807, 2.05) is 0 Å². The number of carbonyl (C=O) groups is 1. The summed E-state index contributed by atoms with van der Waals surface area (Å²) in [7, 11) is 1.45. The van der Waals surface area contributed by atoms with Crippen LogP contribution < -0.4 is 0 Å². The number of aliphatic hydroxyl groups excluding tert-OH is 1. The fourth-order valence-corrected chi connectivity index (χ4v) is 4.45. The van der Waals surface area contributed by atoms with Gasteiger partial charge in [-0.15, -0.1) is 0 Å². The molecule has 1 saturated carbocycles. The second kappa shape index (κ2) is 9.12. The summed E-state index contributed by atoms with van der Waals surface area (Å²) in [5.41, 5.74) is 1.34. The van der Waals surface area contributed by atoms with Crippen LogP contribution in [0.2, 0.25) is 0 Å². The highest BCUT2D eigenvalue weighted by atomic mass is 16.7. The number of aliphatic hydroxyl groups is 1. The zero-order chi connectivity index (χ0) is 17.6. The maximum absolute atomic E-state index is 12.4. The molecule has 1 N–H and O–H groups in total. The third-order valence-electron chi connectivity index (χ3n) is 5.60. The summed E-state index contributed by atoms with van der Waals surface area (Å²) in [4.78, 5) is 12.4. The molecule has 1 heterocycles. The van der Waals surface area contributed by atoms with Gasteiger partial charge < -0.3 is 24.1 Å². The van der Waals surface area contributed by atoms with E-state index < -0.39 is 0 Å². The van der Waals surface area contributed by atoms with Gasteiger partial charge in [0, 0.05) is 6.61 Å². The first-order valence-electron chi connectivity index (χ1n) is 9.46. The van der Waals surface area contributed by atoms with Gasteiger partial charge >= 0.3 is 5.97 Å². The first kappa shape index (κ1) is 18.8. The highest BCUT2D eigenvalue weighted by molar-refractivity contribution is 5.74. The summed E-state index contributed by atoms with van der Waals surface area (Å²) in [5.74, 6) is 0.242. The zero-order valence-electron chi connectivity index (χ0n) is 15.0. The van der Waals surface area contributed by atoms with Crippen LogP contribution in [-0.2, 0) is 23.7 Å². The fraction of sp³-hybridized carbons (Fsp3) is 0.842. The summed E-state index contributed by atoms with van der Waals surface area (Å²) in [5, 5.41) is 8.76. The molecule has 0 radical (unpaired) electrons. The molecule has 5 atom stereocenters. The van der Waals surface area contributed by atoms with Gasteiger partial charge in [0.15, 0.2) is 6.29 Å². The molecular formula is C19H30O6. The summed E-state index contributed by atoms with van der Waals surface area (Å²) < 4.78 is 22.3. The number of hydrogen-bond acceptors (Lipinski definition) is 6. The molecule has 0 aromatic rings. The van der Waals surface area contributed by atoms with E-state index in [2.05, 4.69) is 6.08 Å². The predicted molar refractivity (Wildman–Crippen MR) is 90.8 cm³/mol. The van der Waals surface area contributed by atoms with E-state index in [0.717, 1.165) is 45.1 Å². The Morgan fingerprint density at radius 1 is 1.36 bits per heavy atom. The first-order valence-corrected chi connectivity index (χ1v) is 9.46. The van der Waals surface area contributed by atoms with Crippen molar-refractivity contribution in [3.05, 3.63) is 11.6 Å². The van der Waals surface area contributed by atoms with Crippen molar-refractivity contribution in [3.8, 4) is 0 Å². The van der Waals surface area contributed by atoms with Crippen molar-refractivity contribution < 1.29 is 28.8 Å². The zero-order valence-corrected chi connectivity index (χ0v) is 15.0. The second-order valence-corrected chi connectivity index (χ2v) is 7.20. The number of allylic oxidation sites excluding steroid dienone is 1. The molecule has 1 saturated heterocycles. The Balaban J connectivity index is 1.58. The van der Waals surface area contributed by atoms with Gasteiger partial charge in [0.2, 0.25) is 0 Å². The monoisotopic (exact) mass is 354 g/mol. The first-order chi connectivity index (χ1) is 12.2. The Morgan fingerprint density at radius 2 is 2.24 bits per heavy atom. The van der Waals surface area contributed by atoms with Crippen LogP contribution >= 0.6 is 0 Å². The van der Waals surface area contributed by atoms with E-state index in [9.17, 15) is 4.79 Å². The molecule has 0 spiro atoms. The van der Waals surface area contributed by atoms with Crippen molar-refractivity contribution in [2.75, 3.05) is 33.5 Å². The van der Waals surface area contributed by atoms with Crippen molar-refractivity contribution in [1.82, 2.24) is 0 Å². The summed E-state index contributed by atoms with van der Waals surface area (Å²) in [6, 6.07) is 0. The minimum Gasteiger partial charge on any atom is -0.469 e. The van der Waals surface area contributed by atoms with Crippen LogP contribution in [0.1, 0.15) is 38.5 Å². The highest BCUT2D eigenvalue weighted by Crippen LogP contribution is 2.49. The van der Waals surface area contributed by atoms with Crippen LogP contribution in [0, 0.1) is 17.8 Å². The van der Waals surface area contributed by atoms with Crippen LogP contribution in [0.3, 0.4) is 0 Å². The highest BCUT2D eigenvalue weighted by Gasteiger charge is 2.50. The Bertz CT molecular complexity index is 471. The third-order valence-corrected chi connectivity index (χ3v) is 5.60. The number of esters is 1. The van der Waals surface area contributed by atoms with E-state index in [1.54, 1.807) is 0 Å². The standard InChI is InChI=1S/C19H30O6/c1-22-19(21)18-15-11-13(5-8-23-9-6-20)10-14(15)12-16(18)25-17-4-2-3-7-24-17/h10,14-18,20H,2-9,11-12H2,1H3/t14-,15-,16+,17?,18+/m1/s1. The largest absolute Gasteiger partial charge is 0.469 e. The minimum atomic E-state index is -0.215. The Morgan fingerprint density at radius 3 is 2.96 bits per heavy atom. The molecule has 0 aromatic carbocycles. The Hall–Kier alpha value is -0.950. The molecule has 3 aliphatic rings. The van der Waals surface area contributed by atoms with Crippen LogP contribution in [-0.4, -0.2) is 57.0 Å². The lowest BCUT2D eigenvalue weighted by Gasteiger charge is -2.29. The van der Waals surface area contributed by atoms with Crippen molar-refractivity contribution in [1.29, 1.82) is 0 Å². The van der Waals surface area contributed by atoms with Gasteiger partial charge in [-0.3, -0.25) is 4.79 Å². The van der Waals surface area contributed by atoms with Gasteiger partial charge in [0.1, 0.15) is 0 Å². The van der Waals surface area contributed by atoms with E-state index >= 15 is 0 Å². The number of rotatable bonds is 8. The molecule has 3 rings (SSSR count). The third kappa shape index (κ3) is 4.61. The number of hydrogen-bond donors (Lipinski definition) is 1. The molecule has 0 bridgehead atoms. The van der Waals surface area contributed by atoms with Crippen LogP contribution in [0.15, 0.2) is 11.6 Å². The number of fused-ring (bicyclic) bond motifs is 1. The molecule has 1 aliphatic heterocycles. The van der Waals surface area contributed by atoms with Gasteiger partial charge in [-0.25, -0.2) is 0 Å². The molecule has 6 nitrogen and oxygen atoms in total. The summed E-state index contributed by atoms with van der Waals surface area (Å²) >= 11 is 0. The average Bonchev–Trinajstić information content (AvgIpc) is 3.16. The number of carbonyl (C=O) groups excluding carboxylic acids is 1. The smallest absolute Gasteiger partial charge is 0.311 e. The molecule has 25 heavy (non-hydrogen) atoms. The molecule has 142 valence electrons. The van der Waals surface area contributed by atoms with E-state index in [-0.39, 0.29) is 36.8 Å². The number of ether oxygens (including phenoxy) is 4. The van der Waals surface area contributed by atoms with E-state index in [4.69, 9.17) is 24.1 Å². The van der Waals surface area contributed by atoms with Crippen LogP contribution in [0.5, 0.6) is 0 Å². The Kier molecular flexibility index (Phi) is 6.87.